The van der Waals surface area contributed by atoms with Crippen LogP contribution in [0, 0.1) is 3.77 Å². The molecule has 6 nitrogen and oxygen atoms in total. The molecule has 1 atom stereocenters. The first kappa shape index (κ1) is 22.7. The first-order valence-electron chi connectivity index (χ1n) is 10.3. The van der Waals surface area contributed by atoms with Crippen LogP contribution in [0.3, 0.4) is 0 Å². The summed E-state index contributed by atoms with van der Waals surface area (Å²) in [5.74, 6) is 0.518. The van der Waals surface area contributed by atoms with Gasteiger partial charge in [0.1, 0.15) is 5.76 Å². The molecule has 0 saturated carbocycles. The number of carbonyl (C=O) groups is 1. The Morgan fingerprint density at radius 3 is 2.59 bits per heavy atom. The molecule has 3 aromatic rings. The third kappa shape index (κ3) is 4.25. The molecule has 0 fully saturated rings. The molecule has 0 bridgehead atoms. The third-order valence-electron chi connectivity index (χ3n) is 5.30. The Kier molecular flexibility index (Phi) is 6.52. The number of esters is 1. The molecular weight excluding hydrogens is 539 g/mol. The van der Waals surface area contributed by atoms with E-state index in [2.05, 4.69) is 41.4 Å². The number of allylic oxidation sites excluding steroid dienone is 1. The first-order valence-corrected chi connectivity index (χ1v) is 12.2. The molecule has 3 heterocycles. The highest BCUT2D eigenvalue weighted by Crippen LogP contribution is 2.31. The van der Waals surface area contributed by atoms with Crippen LogP contribution < -0.4 is 14.9 Å². The lowest BCUT2D eigenvalue weighted by Gasteiger charge is -2.25. The van der Waals surface area contributed by atoms with Crippen molar-refractivity contribution in [1.29, 1.82) is 0 Å². The van der Waals surface area contributed by atoms with Gasteiger partial charge in [0.2, 0.25) is 0 Å². The monoisotopic (exact) mass is 562 g/mol. The van der Waals surface area contributed by atoms with Gasteiger partial charge in [-0.15, -0.1) is 0 Å². The number of thiazole rings is 1. The van der Waals surface area contributed by atoms with Gasteiger partial charge in [-0.25, -0.2) is 9.79 Å². The maximum atomic E-state index is 13.5. The SMILES string of the molecule is CCOC(=O)C1=C(C)N=c2s/c(=C/c3ccc(I)o3)c(=O)n2[C@@H]1c1ccc(C(C)C)cc1. The number of benzene rings is 1. The van der Waals surface area contributed by atoms with Gasteiger partial charge in [0, 0.05) is 6.08 Å². The second-order valence-electron chi connectivity index (χ2n) is 7.77. The summed E-state index contributed by atoms with van der Waals surface area (Å²) in [4.78, 5) is 31.5. The minimum absolute atomic E-state index is 0.215. The summed E-state index contributed by atoms with van der Waals surface area (Å²) in [5, 5.41) is 0. The predicted octanol–water partition coefficient (Wildman–Crippen LogP) is 4.12. The number of aromatic nitrogens is 1. The van der Waals surface area contributed by atoms with Crippen molar-refractivity contribution in [1.82, 2.24) is 4.57 Å². The number of furan rings is 1. The number of hydrogen-bond acceptors (Lipinski definition) is 6. The lowest BCUT2D eigenvalue weighted by atomic mass is 9.93. The van der Waals surface area contributed by atoms with E-state index in [9.17, 15) is 9.59 Å². The molecule has 1 aliphatic rings. The van der Waals surface area contributed by atoms with E-state index in [1.807, 2.05) is 36.4 Å². The average molecular weight is 562 g/mol. The van der Waals surface area contributed by atoms with E-state index in [-0.39, 0.29) is 12.2 Å². The molecule has 0 unspecified atom stereocenters. The van der Waals surface area contributed by atoms with Gasteiger partial charge >= 0.3 is 5.97 Å². The molecule has 4 rings (SSSR count). The standard InChI is InChI=1S/C24H23IN2O4S/c1-5-30-23(29)20-14(4)26-24-27(21(20)16-8-6-15(7-9-16)13(2)3)22(28)18(32-24)12-17-10-11-19(25)31-17/h6-13,21H,5H2,1-4H3/b18-12+/t21-/m1/s1. The van der Waals surface area contributed by atoms with Crippen LogP contribution in [-0.2, 0) is 9.53 Å². The molecule has 0 radical (unpaired) electrons. The summed E-state index contributed by atoms with van der Waals surface area (Å²) >= 11 is 3.37. The van der Waals surface area contributed by atoms with Crippen molar-refractivity contribution in [3.8, 4) is 0 Å². The van der Waals surface area contributed by atoms with E-state index in [0.717, 1.165) is 9.33 Å². The summed E-state index contributed by atoms with van der Waals surface area (Å²) in [6, 6.07) is 11.1. The van der Waals surface area contributed by atoms with Crippen molar-refractivity contribution in [3.05, 3.63) is 88.0 Å². The maximum Gasteiger partial charge on any atom is 0.338 e. The molecule has 1 aliphatic heterocycles. The zero-order valence-electron chi connectivity index (χ0n) is 18.2. The Morgan fingerprint density at radius 2 is 2.00 bits per heavy atom. The van der Waals surface area contributed by atoms with E-state index in [1.54, 1.807) is 24.5 Å². The van der Waals surface area contributed by atoms with Gasteiger partial charge in [-0.1, -0.05) is 49.4 Å². The second kappa shape index (κ2) is 9.19. The number of ether oxygens (including phenoxy) is 1. The Balaban J connectivity index is 1.93. The Hall–Kier alpha value is -2.46. The molecule has 166 valence electrons. The largest absolute Gasteiger partial charge is 0.463 e. The van der Waals surface area contributed by atoms with E-state index in [1.165, 1.54) is 16.9 Å². The highest BCUT2D eigenvalue weighted by atomic mass is 127. The van der Waals surface area contributed by atoms with E-state index in [0.29, 0.717) is 32.3 Å². The molecule has 0 spiro atoms. The van der Waals surface area contributed by atoms with Gasteiger partial charge in [-0.2, -0.15) is 0 Å². The quantitative estimate of drug-likeness (QED) is 0.347. The van der Waals surface area contributed by atoms with Crippen molar-refractivity contribution < 1.29 is 13.9 Å². The highest BCUT2D eigenvalue weighted by Gasteiger charge is 2.33. The molecule has 0 amide bonds. The topological polar surface area (TPSA) is 73.8 Å². The smallest absolute Gasteiger partial charge is 0.338 e. The van der Waals surface area contributed by atoms with Gasteiger partial charge in [0.05, 0.1) is 28.5 Å². The number of halogens is 1. The number of hydrogen-bond donors (Lipinski definition) is 0. The van der Waals surface area contributed by atoms with Crippen LogP contribution in [0.15, 0.2) is 61.9 Å². The Bertz CT molecular complexity index is 1380. The minimum Gasteiger partial charge on any atom is -0.463 e. The van der Waals surface area contributed by atoms with Crippen molar-refractivity contribution in [2.45, 2.75) is 39.7 Å². The van der Waals surface area contributed by atoms with Crippen LogP contribution in [0.1, 0.15) is 56.5 Å². The summed E-state index contributed by atoms with van der Waals surface area (Å²) in [7, 11) is 0. The van der Waals surface area contributed by atoms with Crippen molar-refractivity contribution in [2.24, 2.45) is 4.99 Å². The number of carbonyl (C=O) groups excluding carboxylic acids is 1. The van der Waals surface area contributed by atoms with Crippen molar-refractivity contribution in [2.75, 3.05) is 6.61 Å². The lowest BCUT2D eigenvalue weighted by molar-refractivity contribution is -0.139. The summed E-state index contributed by atoms with van der Waals surface area (Å²) in [5.41, 5.74) is 2.75. The Labute approximate surface area is 203 Å². The summed E-state index contributed by atoms with van der Waals surface area (Å²) in [6.45, 7) is 8.05. The average Bonchev–Trinajstić information content (AvgIpc) is 3.30. The van der Waals surface area contributed by atoms with Crippen LogP contribution in [0.5, 0.6) is 0 Å². The molecule has 0 saturated heterocycles. The molecule has 0 aliphatic carbocycles. The third-order valence-corrected chi connectivity index (χ3v) is 6.87. The highest BCUT2D eigenvalue weighted by molar-refractivity contribution is 14.1. The fraction of sp³-hybridized carbons (Fsp3) is 0.292. The first-order chi connectivity index (χ1) is 15.3. The second-order valence-corrected chi connectivity index (χ2v) is 9.84. The lowest BCUT2D eigenvalue weighted by Crippen LogP contribution is -2.39. The number of rotatable bonds is 5. The Morgan fingerprint density at radius 1 is 1.28 bits per heavy atom. The van der Waals surface area contributed by atoms with Crippen molar-refractivity contribution in [3.63, 3.8) is 0 Å². The fourth-order valence-electron chi connectivity index (χ4n) is 3.71. The van der Waals surface area contributed by atoms with Crippen LogP contribution in [0.4, 0.5) is 0 Å². The normalized spacial score (nSPS) is 16.3. The molecule has 1 aromatic carbocycles. The zero-order valence-corrected chi connectivity index (χ0v) is 21.2. The zero-order chi connectivity index (χ0) is 23.0. The van der Waals surface area contributed by atoms with Gasteiger partial charge < -0.3 is 9.15 Å². The van der Waals surface area contributed by atoms with Gasteiger partial charge in [-0.3, -0.25) is 9.36 Å². The van der Waals surface area contributed by atoms with Gasteiger partial charge in [0.15, 0.2) is 8.57 Å². The minimum atomic E-state index is -0.606. The molecule has 2 aromatic heterocycles. The van der Waals surface area contributed by atoms with Crippen molar-refractivity contribution >= 4 is 46.0 Å². The maximum absolute atomic E-state index is 13.5. The molecule has 8 heteroatoms. The molecular formula is C24H23IN2O4S. The van der Waals surface area contributed by atoms with E-state index >= 15 is 0 Å². The van der Waals surface area contributed by atoms with E-state index < -0.39 is 12.0 Å². The summed E-state index contributed by atoms with van der Waals surface area (Å²) < 4.78 is 13.8. The van der Waals surface area contributed by atoms with Gasteiger partial charge in [-0.05, 0) is 65.6 Å². The summed E-state index contributed by atoms with van der Waals surface area (Å²) in [6.07, 6.45) is 1.72. The van der Waals surface area contributed by atoms with Crippen LogP contribution in [-0.4, -0.2) is 17.1 Å². The number of fused-ring (bicyclic) bond motifs is 1. The molecule has 32 heavy (non-hydrogen) atoms. The fourth-order valence-corrected chi connectivity index (χ4v) is 5.17. The van der Waals surface area contributed by atoms with Gasteiger partial charge in [0.25, 0.3) is 5.56 Å². The van der Waals surface area contributed by atoms with Crippen LogP contribution in [0.25, 0.3) is 6.08 Å². The molecule has 0 N–H and O–H groups in total. The van der Waals surface area contributed by atoms with E-state index in [4.69, 9.17) is 9.15 Å². The predicted molar refractivity (Wildman–Crippen MR) is 132 cm³/mol. The van der Waals surface area contributed by atoms with Crippen LogP contribution >= 0.6 is 33.9 Å². The number of nitrogens with zero attached hydrogens (tertiary/aromatic N) is 2. The van der Waals surface area contributed by atoms with Crippen LogP contribution in [0.2, 0.25) is 0 Å².